The van der Waals surface area contributed by atoms with Gasteiger partial charge in [-0.2, -0.15) is 0 Å². The summed E-state index contributed by atoms with van der Waals surface area (Å²) in [6.07, 6.45) is -1.67. The number of aryl methyl sites for hydroxylation is 2. The zero-order valence-corrected chi connectivity index (χ0v) is 25.8. The molecule has 0 bridgehead atoms. The van der Waals surface area contributed by atoms with Crippen molar-refractivity contribution in [1.82, 2.24) is 15.3 Å². The molecule has 2 atom stereocenters. The van der Waals surface area contributed by atoms with Gasteiger partial charge in [0, 0.05) is 46.8 Å². The second kappa shape index (κ2) is 14.5. The van der Waals surface area contributed by atoms with Crippen LogP contribution in [0.25, 0.3) is 0 Å². The van der Waals surface area contributed by atoms with Crippen LogP contribution in [0.2, 0.25) is 0 Å². The van der Waals surface area contributed by atoms with E-state index in [0.29, 0.717) is 29.1 Å². The second-order valence-corrected chi connectivity index (χ2v) is 10.9. The summed E-state index contributed by atoms with van der Waals surface area (Å²) in [5.74, 6) is -5.04. The quantitative estimate of drug-likeness (QED) is 0.0995. The van der Waals surface area contributed by atoms with Crippen LogP contribution in [0.3, 0.4) is 0 Å². The van der Waals surface area contributed by atoms with Crippen LogP contribution < -0.4 is 15.0 Å². The number of anilines is 1. The Bertz CT molecular complexity index is 1790. The number of amides is 1. The largest absolute Gasteiger partial charge is 0.463 e. The maximum absolute atomic E-state index is 14.9. The molecule has 3 aromatic carbocycles. The minimum absolute atomic E-state index is 0.0249. The summed E-state index contributed by atoms with van der Waals surface area (Å²) in [7, 11) is 0. The Balaban J connectivity index is 1.68. The van der Waals surface area contributed by atoms with Gasteiger partial charge in [0.05, 0.1) is 26.3 Å². The molecule has 2 unspecified atom stereocenters. The highest BCUT2D eigenvalue weighted by Gasteiger charge is 2.52. The van der Waals surface area contributed by atoms with E-state index in [2.05, 4.69) is 20.1 Å². The molecule has 0 saturated heterocycles. The molecule has 250 valence electrons. The van der Waals surface area contributed by atoms with Gasteiger partial charge in [0.1, 0.15) is 23.0 Å². The molecule has 0 radical (unpaired) electrons. The normalized spacial score (nSPS) is 16.4. The van der Waals surface area contributed by atoms with E-state index in [1.807, 2.05) is 0 Å². The standard InChI is InChI=1S/C33H30F3N5O7/c1-20-15-21(2)39-32(38-20)48-30(31(43)46-13-8-14-47-41(44)45)33(22-9-4-3-5-10-22)25-11-6-7-12-28(25)40(29(42)18-37-33)19-24-26(35)16-23(34)17-27(24)36/h3-7,9-12,15-17,30,37H,8,13-14,18-19H2,1-2H3. The van der Waals surface area contributed by atoms with Gasteiger partial charge in [0.2, 0.25) is 12.0 Å². The first kappa shape index (κ1) is 33.8. The number of rotatable bonds is 12. The van der Waals surface area contributed by atoms with Crippen LogP contribution in [0.5, 0.6) is 6.01 Å². The van der Waals surface area contributed by atoms with Crippen molar-refractivity contribution in [2.75, 3.05) is 24.7 Å². The number of hydrogen-bond acceptors (Lipinski definition) is 10. The van der Waals surface area contributed by atoms with Gasteiger partial charge in [-0.05, 0) is 31.5 Å². The summed E-state index contributed by atoms with van der Waals surface area (Å²) in [6.45, 7) is 1.72. The van der Waals surface area contributed by atoms with Crippen molar-refractivity contribution in [1.29, 1.82) is 0 Å². The molecule has 4 aromatic rings. The van der Waals surface area contributed by atoms with E-state index in [1.165, 1.54) is 0 Å². The van der Waals surface area contributed by atoms with Crippen molar-refractivity contribution in [3.8, 4) is 6.01 Å². The number of carbonyl (C=O) groups is 2. The van der Waals surface area contributed by atoms with Gasteiger partial charge >= 0.3 is 12.0 Å². The number of hydrogen-bond donors (Lipinski definition) is 1. The molecule has 0 spiro atoms. The highest BCUT2D eigenvalue weighted by molar-refractivity contribution is 5.97. The molecule has 1 aromatic heterocycles. The average Bonchev–Trinajstić information content (AvgIpc) is 3.15. The number of aromatic nitrogens is 2. The highest BCUT2D eigenvalue weighted by atomic mass is 19.1. The van der Waals surface area contributed by atoms with E-state index < -0.39 is 64.7 Å². The molecule has 12 nitrogen and oxygen atoms in total. The minimum Gasteiger partial charge on any atom is -0.463 e. The molecule has 2 heterocycles. The SMILES string of the molecule is Cc1cc(C)nc(OC(C(=O)OCCCO[N+](=O)[O-])C2(c3ccccc3)NCC(=O)N(Cc3c(F)cc(F)cc3F)c3ccccc32)n1. The van der Waals surface area contributed by atoms with Gasteiger partial charge in [-0.1, -0.05) is 48.5 Å². The zero-order valence-electron chi connectivity index (χ0n) is 25.8. The van der Waals surface area contributed by atoms with Gasteiger partial charge in [-0.25, -0.2) is 27.9 Å². The molecule has 1 amide bonds. The first-order chi connectivity index (χ1) is 23.0. The van der Waals surface area contributed by atoms with Crippen LogP contribution in [0, 0.1) is 41.4 Å². The fourth-order valence-corrected chi connectivity index (χ4v) is 5.59. The van der Waals surface area contributed by atoms with Crippen LogP contribution in [-0.2, 0) is 31.2 Å². The minimum atomic E-state index is -1.72. The zero-order chi connectivity index (χ0) is 34.4. The maximum Gasteiger partial charge on any atom is 0.350 e. The third kappa shape index (κ3) is 7.20. The lowest BCUT2D eigenvalue weighted by atomic mass is 9.77. The molecule has 1 aliphatic heterocycles. The summed E-state index contributed by atoms with van der Waals surface area (Å²) in [5, 5.41) is 12.8. The number of para-hydroxylation sites is 1. The number of benzene rings is 3. The first-order valence-electron chi connectivity index (χ1n) is 14.8. The third-order valence-corrected chi connectivity index (χ3v) is 7.61. The monoisotopic (exact) mass is 665 g/mol. The number of halogens is 3. The third-order valence-electron chi connectivity index (χ3n) is 7.61. The van der Waals surface area contributed by atoms with Crippen LogP contribution in [-0.4, -0.2) is 52.8 Å². The van der Waals surface area contributed by atoms with Gasteiger partial charge in [-0.15, -0.1) is 10.1 Å². The van der Waals surface area contributed by atoms with E-state index >= 15 is 0 Å². The Hall–Kier alpha value is -5.57. The van der Waals surface area contributed by atoms with Crippen molar-refractivity contribution in [2.24, 2.45) is 0 Å². The van der Waals surface area contributed by atoms with E-state index in [4.69, 9.17) is 9.47 Å². The molecule has 5 rings (SSSR count). The number of nitrogens with one attached hydrogen (secondary N) is 1. The maximum atomic E-state index is 14.9. The Morgan fingerprint density at radius 2 is 1.65 bits per heavy atom. The number of nitrogens with zero attached hydrogens (tertiary/aromatic N) is 4. The fourth-order valence-electron chi connectivity index (χ4n) is 5.59. The molecule has 15 heteroatoms. The molecular formula is C33H30F3N5O7. The molecule has 0 fully saturated rings. The van der Waals surface area contributed by atoms with Crippen molar-refractivity contribution < 1.29 is 42.2 Å². The predicted octanol–water partition coefficient (Wildman–Crippen LogP) is 4.48. The first-order valence-corrected chi connectivity index (χ1v) is 14.8. The lowest BCUT2D eigenvalue weighted by Crippen LogP contribution is -2.59. The average molecular weight is 666 g/mol. The van der Waals surface area contributed by atoms with E-state index in [1.54, 1.807) is 74.5 Å². The molecule has 0 saturated carbocycles. The number of ether oxygens (including phenoxy) is 2. The summed E-state index contributed by atoms with van der Waals surface area (Å²) < 4.78 is 55.3. The van der Waals surface area contributed by atoms with Crippen molar-refractivity contribution in [3.05, 3.63) is 128 Å². The summed E-state index contributed by atoms with van der Waals surface area (Å²) >= 11 is 0. The summed E-state index contributed by atoms with van der Waals surface area (Å²) in [6, 6.07) is 17.5. The van der Waals surface area contributed by atoms with E-state index in [0.717, 1.165) is 4.90 Å². The molecule has 48 heavy (non-hydrogen) atoms. The second-order valence-electron chi connectivity index (χ2n) is 10.9. The van der Waals surface area contributed by atoms with Crippen LogP contribution in [0.1, 0.15) is 34.5 Å². The topological polar surface area (TPSA) is 146 Å². The van der Waals surface area contributed by atoms with Gasteiger partial charge < -0.3 is 19.2 Å². The lowest BCUT2D eigenvalue weighted by molar-refractivity contribution is -0.757. The number of esters is 1. The number of fused-ring (bicyclic) bond motifs is 1. The number of carbonyl (C=O) groups excluding carboxylic acids is 2. The lowest BCUT2D eigenvalue weighted by Gasteiger charge is -2.40. The highest BCUT2D eigenvalue weighted by Crippen LogP contribution is 2.43. The van der Waals surface area contributed by atoms with E-state index in [-0.39, 0.29) is 36.9 Å². The van der Waals surface area contributed by atoms with Crippen LogP contribution in [0.15, 0.2) is 72.8 Å². The Labute approximate surface area is 272 Å². The Kier molecular flexibility index (Phi) is 10.2. The van der Waals surface area contributed by atoms with Crippen LogP contribution >= 0.6 is 0 Å². The van der Waals surface area contributed by atoms with Crippen molar-refractivity contribution in [2.45, 2.75) is 38.5 Å². The molecular weight excluding hydrogens is 635 g/mol. The fraction of sp³-hybridized carbons (Fsp3) is 0.273. The molecule has 0 aliphatic carbocycles. The summed E-state index contributed by atoms with van der Waals surface area (Å²) in [5.41, 5.74) is -0.302. The van der Waals surface area contributed by atoms with Gasteiger partial charge in [0.15, 0.2) is 0 Å². The molecule has 1 aliphatic rings. The van der Waals surface area contributed by atoms with Crippen molar-refractivity contribution in [3.63, 3.8) is 0 Å². The predicted molar refractivity (Wildman–Crippen MR) is 164 cm³/mol. The van der Waals surface area contributed by atoms with Gasteiger partial charge in [-0.3, -0.25) is 10.1 Å². The van der Waals surface area contributed by atoms with Gasteiger partial charge in [0.25, 0.3) is 5.09 Å². The van der Waals surface area contributed by atoms with Crippen LogP contribution in [0.4, 0.5) is 18.9 Å². The Morgan fingerprint density at radius 1 is 1.00 bits per heavy atom. The van der Waals surface area contributed by atoms with Crippen molar-refractivity contribution >= 4 is 17.6 Å². The summed E-state index contributed by atoms with van der Waals surface area (Å²) in [4.78, 5) is 52.7. The Morgan fingerprint density at radius 3 is 2.31 bits per heavy atom. The smallest absolute Gasteiger partial charge is 0.350 e. The molecule has 1 N–H and O–H groups in total. The van der Waals surface area contributed by atoms with E-state index in [9.17, 15) is 32.9 Å².